The van der Waals surface area contributed by atoms with Gasteiger partial charge in [0.25, 0.3) is 0 Å². The molecule has 3 N–H and O–H groups in total. The third kappa shape index (κ3) is 2.36. The van der Waals surface area contributed by atoms with Crippen molar-refractivity contribution in [3.8, 4) is 40.1 Å². The monoisotopic (exact) mass is 330 g/mol. The number of phenols is 3. The van der Waals surface area contributed by atoms with E-state index in [0.717, 1.165) is 6.07 Å². The number of ether oxygens (including phenoxy) is 2. The minimum atomic E-state index is -0.505. The molecule has 7 nitrogen and oxygen atoms in total. The molecule has 24 heavy (non-hydrogen) atoms. The second-order valence-electron chi connectivity index (χ2n) is 5.01. The van der Waals surface area contributed by atoms with Crippen molar-refractivity contribution in [2.24, 2.45) is 0 Å². The number of rotatable bonds is 3. The van der Waals surface area contributed by atoms with E-state index in [1.54, 1.807) is 0 Å². The molecular weight excluding hydrogens is 316 g/mol. The molecule has 0 fully saturated rings. The van der Waals surface area contributed by atoms with E-state index in [-0.39, 0.29) is 39.7 Å². The fourth-order valence-electron chi connectivity index (χ4n) is 2.45. The summed E-state index contributed by atoms with van der Waals surface area (Å²) in [4.78, 5) is 12.4. The molecule has 3 rings (SSSR count). The maximum Gasteiger partial charge on any atom is 0.204 e. The first-order valence-corrected chi connectivity index (χ1v) is 6.90. The Morgan fingerprint density at radius 1 is 0.917 bits per heavy atom. The van der Waals surface area contributed by atoms with E-state index in [0.29, 0.717) is 5.56 Å². The maximum atomic E-state index is 12.4. The standard InChI is InChI=1S/C17H14O7/c1-22-14-5-8(3-4-9(14)18)13-7-11(20)15-10(19)6-12(21)16(23-2)17(15)24-13/h3-7,18-19,21H,1-2H3. The highest BCUT2D eigenvalue weighted by Crippen LogP contribution is 2.40. The minimum absolute atomic E-state index is 0.0581. The van der Waals surface area contributed by atoms with Crippen molar-refractivity contribution >= 4 is 11.0 Å². The molecule has 0 unspecified atom stereocenters. The fourth-order valence-corrected chi connectivity index (χ4v) is 2.45. The Balaban J connectivity index is 2.33. The number of aromatic hydroxyl groups is 3. The van der Waals surface area contributed by atoms with Crippen LogP contribution in [0.2, 0.25) is 0 Å². The van der Waals surface area contributed by atoms with Crippen molar-refractivity contribution in [3.05, 3.63) is 40.6 Å². The van der Waals surface area contributed by atoms with Gasteiger partial charge in [0.2, 0.25) is 5.75 Å². The van der Waals surface area contributed by atoms with Gasteiger partial charge in [-0.3, -0.25) is 4.79 Å². The summed E-state index contributed by atoms with van der Waals surface area (Å²) in [6, 6.07) is 6.65. The van der Waals surface area contributed by atoms with Crippen LogP contribution in [0.4, 0.5) is 0 Å². The van der Waals surface area contributed by atoms with Crippen LogP contribution in [0.25, 0.3) is 22.3 Å². The predicted molar refractivity (Wildman–Crippen MR) is 86.0 cm³/mol. The number of phenolic OH excluding ortho intramolecular Hbond substituents is 3. The largest absolute Gasteiger partial charge is 0.507 e. The lowest BCUT2D eigenvalue weighted by Gasteiger charge is -2.10. The summed E-state index contributed by atoms with van der Waals surface area (Å²) in [5, 5.41) is 29.3. The molecule has 0 saturated carbocycles. The van der Waals surface area contributed by atoms with Gasteiger partial charge in [0.05, 0.1) is 14.2 Å². The van der Waals surface area contributed by atoms with Gasteiger partial charge in [-0.15, -0.1) is 0 Å². The fraction of sp³-hybridized carbons (Fsp3) is 0.118. The van der Waals surface area contributed by atoms with E-state index in [4.69, 9.17) is 13.9 Å². The maximum absolute atomic E-state index is 12.4. The van der Waals surface area contributed by atoms with Gasteiger partial charge in [0.1, 0.15) is 16.9 Å². The van der Waals surface area contributed by atoms with Gasteiger partial charge < -0.3 is 29.2 Å². The highest BCUT2D eigenvalue weighted by molar-refractivity contribution is 5.91. The molecule has 0 saturated heterocycles. The smallest absolute Gasteiger partial charge is 0.204 e. The molecule has 0 aliphatic heterocycles. The van der Waals surface area contributed by atoms with Crippen LogP contribution < -0.4 is 14.9 Å². The molecule has 0 amide bonds. The lowest BCUT2D eigenvalue weighted by Crippen LogP contribution is -2.02. The van der Waals surface area contributed by atoms with E-state index in [1.807, 2.05) is 0 Å². The Hall–Kier alpha value is -3.35. The third-order valence-electron chi connectivity index (χ3n) is 3.58. The Morgan fingerprint density at radius 3 is 2.33 bits per heavy atom. The molecule has 0 aliphatic rings. The highest BCUT2D eigenvalue weighted by Gasteiger charge is 2.19. The van der Waals surface area contributed by atoms with Gasteiger partial charge >= 0.3 is 0 Å². The molecule has 2 aromatic carbocycles. The van der Waals surface area contributed by atoms with Gasteiger partial charge in [0, 0.05) is 17.7 Å². The lowest BCUT2D eigenvalue weighted by molar-refractivity contribution is 0.367. The first kappa shape index (κ1) is 15.5. The van der Waals surface area contributed by atoms with Crippen LogP contribution in [0.1, 0.15) is 0 Å². The van der Waals surface area contributed by atoms with Gasteiger partial charge in [-0.2, -0.15) is 0 Å². The second-order valence-corrected chi connectivity index (χ2v) is 5.01. The van der Waals surface area contributed by atoms with Crippen LogP contribution >= 0.6 is 0 Å². The van der Waals surface area contributed by atoms with Crippen LogP contribution in [0.5, 0.6) is 28.7 Å². The summed E-state index contributed by atoms with van der Waals surface area (Å²) in [7, 11) is 2.70. The van der Waals surface area contributed by atoms with Crippen molar-refractivity contribution in [3.63, 3.8) is 0 Å². The first-order chi connectivity index (χ1) is 11.5. The molecule has 0 atom stereocenters. The predicted octanol–water partition coefficient (Wildman–Crippen LogP) is 2.59. The van der Waals surface area contributed by atoms with Gasteiger partial charge in [-0.1, -0.05) is 0 Å². The number of hydrogen-bond donors (Lipinski definition) is 3. The second kappa shape index (κ2) is 5.69. The average molecular weight is 330 g/mol. The molecule has 3 aromatic rings. The van der Waals surface area contributed by atoms with Crippen LogP contribution in [-0.4, -0.2) is 29.5 Å². The zero-order valence-electron chi connectivity index (χ0n) is 12.9. The van der Waals surface area contributed by atoms with Crippen molar-refractivity contribution in [1.82, 2.24) is 0 Å². The highest BCUT2D eigenvalue weighted by atomic mass is 16.5. The van der Waals surface area contributed by atoms with E-state index in [9.17, 15) is 20.1 Å². The number of hydrogen-bond acceptors (Lipinski definition) is 7. The Morgan fingerprint density at radius 2 is 1.67 bits per heavy atom. The molecule has 0 bridgehead atoms. The summed E-state index contributed by atoms with van der Waals surface area (Å²) in [6.07, 6.45) is 0. The molecule has 1 heterocycles. The Bertz CT molecular complexity index is 988. The molecule has 0 radical (unpaired) electrons. The third-order valence-corrected chi connectivity index (χ3v) is 3.58. The minimum Gasteiger partial charge on any atom is -0.507 e. The zero-order chi connectivity index (χ0) is 17.4. The summed E-state index contributed by atoms with van der Waals surface area (Å²) in [6.45, 7) is 0. The van der Waals surface area contributed by atoms with Gasteiger partial charge in [-0.25, -0.2) is 0 Å². The zero-order valence-corrected chi connectivity index (χ0v) is 12.9. The number of methoxy groups -OCH3 is 2. The molecule has 7 heteroatoms. The van der Waals surface area contributed by atoms with Crippen molar-refractivity contribution in [2.75, 3.05) is 14.2 Å². The SMILES string of the molecule is COc1cc(-c2cc(=O)c3c(O)cc(O)c(OC)c3o2)ccc1O. The van der Waals surface area contributed by atoms with E-state index < -0.39 is 11.2 Å². The average Bonchev–Trinajstić information content (AvgIpc) is 2.54. The van der Waals surface area contributed by atoms with Crippen LogP contribution in [0.3, 0.4) is 0 Å². The van der Waals surface area contributed by atoms with E-state index >= 15 is 0 Å². The van der Waals surface area contributed by atoms with Crippen LogP contribution in [-0.2, 0) is 0 Å². The molecule has 1 aromatic heterocycles. The lowest BCUT2D eigenvalue weighted by atomic mass is 10.1. The first-order valence-electron chi connectivity index (χ1n) is 6.90. The van der Waals surface area contributed by atoms with Gasteiger partial charge in [-0.05, 0) is 18.2 Å². The quantitative estimate of drug-likeness (QED) is 0.677. The number of fused-ring (bicyclic) bond motifs is 1. The summed E-state index contributed by atoms with van der Waals surface area (Å²) >= 11 is 0. The summed E-state index contributed by atoms with van der Waals surface area (Å²) < 4.78 is 15.8. The van der Waals surface area contributed by atoms with Crippen LogP contribution in [0.15, 0.2) is 39.5 Å². The van der Waals surface area contributed by atoms with Crippen LogP contribution in [0, 0.1) is 0 Å². The molecule has 0 spiro atoms. The molecule has 124 valence electrons. The topological polar surface area (TPSA) is 109 Å². The van der Waals surface area contributed by atoms with Crippen molar-refractivity contribution in [1.29, 1.82) is 0 Å². The number of benzene rings is 2. The van der Waals surface area contributed by atoms with Crippen molar-refractivity contribution < 1.29 is 29.2 Å². The van der Waals surface area contributed by atoms with Crippen molar-refractivity contribution in [2.45, 2.75) is 0 Å². The normalized spacial score (nSPS) is 10.8. The Kier molecular flexibility index (Phi) is 3.69. The van der Waals surface area contributed by atoms with E-state index in [2.05, 4.69) is 0 Å². The summed E-state index contributed by atoms with van der Waals surface area (Å²) in [5.74, 6) is -0.516. The summed E-state index contributed by atoms with van der Waals surface area (Å²) in [5.41, 5.74) is -0.118. The van der Waals surface area contributed by atoms with E-state index in [1.165, 1.54) is 38.5 Å². The Labute approximate surface area is 135 Å². The molecular formula is C17H14O7. The molecule has 0 aliphatic carbocycles. The van der Waals surface area contributed by atoms with Gasteiger partial charge in [0.15, 0.2) is 28.3 Å².